The molecule has 2 aliphatic heterocycles. The number of hydrogen-bond acceptors (Lipinski definition) is 4. The van der Waals surface area contributed by atoms with Crippen LogP contribution in [0.2, 0.25) is 0 Å². The molecule has 2 fully saturated rings. The molecule has 0 N–H and O–H groups in total. The van der Waals surface area contributed by atoms with Gasteiger partial charge in [0.05, 0.1) is 6.10 Å². The van der Waals surface area contributed by atoms with Gasteiger partial charge in [0.25, 0.3) is 0 Å². The van der Waals surface area contributed by atoms with Crippen molar-refractivity contribution in [3.05, 3.63) is 0 Å². The van der Waals surface area contributed by atoms with Gasteiger partial charge in [0.15, 0.2) is 0 Å². The second kappa shape index (κ2) is 10.6. The van der Waals surface area contributed by atoms with E-state index in [1.54, 1.807) is 0 Å². The van der Waals surface area contributed by atoms with Crippen LogP contribution in [-0.2, 0) is 14.3 Å². The van der Waals surface area contributed by atoms with Crippen molar-refractivity contribution in [1.29, 1.82) is 0 Å². The van der Waals surface area contributed by atoms with Crippen LogP contribution in [0, 0.1) is 0 Å². The van der Waals surface area contributed by atoms with Crippen molar-refractivity contribution >= 4 is 11.8 Å². The van der Waals surface area contributed by atoms with Crippen LogP contribution in [0.1, 0.15) is 40.0 Å². The van der Waals surface area contributed by atoms with E-state index in [9.17, 15) is 9.59 Å². The molecule has 0 aromatic carbocycles. The molecular formula is C17H33N3O3. The number of amides is 2. The Balaban J connectivity index is 0.00000127. The van der Waals surface area contributed by atoms with Gasteiger partial charge < -0.3 is 19.4 Å². The first kappa shape index (κ1) is 19.9. The molecule has 6 heteroatoms. The normalized spacial score (nSPS) is 20.0. The first-order valence-electron chi connectivity index (χ1n) is 8.96. The molecule has 0 saturated carbocycles. The molecule has 0 unspecified atom stereocenters. The summed E-state index contributed by atoms with van der Waals surface area (Å²) >= 11 is 0. The van der Waals surface area contributed by atoms with Crippen molar-refractivity contribution in [2.45, 2.75) is 46.1 Å². The quantitative estimate of drug-likeness (QED) is 0.779. The summed E-state index contributed by atoms with van der Waals surface area (Å²) in [5.41, 5.74) is 0. The predicted octanol–water partition coefficient (Wildman–Crippen LogP) is 1.20. The molecule has 2 saturated heterocycles. The molecule has 0 radical (unpaired) electrons. The summed E-state index contributed by atoms with van der Waals surface area (Å²) in [7, 11) is 2.07. The predicted molar refractivity (Wildman–Crippen MR) is 91.3 cm³/mol. The number of hydrogen-bond donors (Lipinski definition) is 0. The smallest absolute Gasteiger partial charge is 0.248 e. The summed E-state index contributed by atoms with van der Waals surface area (Å²) in [6, 6.07) is 0. The Labute approximate surface area is 140 Å². The zero-order valence-corrected chi connectivity index (χ0v) is 15.2. The minimum absolute atomic E-state index is 0.0927. The van der Waals surface area contributed by atoms with E-state index >= 15 is 0 Å². The highest BCUT2D eigenvalue weighted by Gasteiger charge is 2.24. The van der Waals surface area contributed by atoms with Gasteiger partial charge in [-0.2, -0.15) is 0 Å². The lowest BCUT2D eigenvalue weighted by Gasteiger charge is -2.34. The van der Waals surface area contributed by atoms with E-state index in [-0.39, 0.29) is 24.5 Å². The zero-order valence-electron chi connectivity index (χ0n) is 15.2. The summed E-state index contributed by atoms with van der Waals surface area (Å²) < 4.78 is 5.74. The number of likely N-dealkylation sites (tertiary alicyclic amines) is 1. The number of carbonyl (C=O) groups is 2. The van der Waals surface area contributed by atoms with Gasteiger partial charge in [0.2, 0.25) is 11.8 Å². The molecule has 134 valence electrons. The highest BCUT2D eigenvalue weighted by Crippen LogP contribution is 2.14. The Hall–Kier alpha value is -1.14. The van der Waals surface area contributed by atoms with E-state index in [4.69, 9.17) is 4.74 Å². The van der Waals surface area contributed by atoms with Crippen LogP contribution in [0.3, 0.4) is 0 Å². The lowest BCUT2D eigenvalue weighted by Crippen LogP contribution is -2.48. The number of ether oxygens (including phenoxy) is 1. The Morgan fingerprint density at radius 2 is 1.43 bits per heavy atom. The number of piperazine rings is 1. The molecule has 0 aromatic rings. The minimum atomic E-state index is 0.0927. The average Bonchev–Trinajstić information content (AvgIpc) is 2.61. The van der Waals surface area contributed by atoms with Crippen LogP contribution in [0.25, 0.3) is 0 Å². The molecule has 2 heterocycles. The molecule has 0 spiro atoms. The molecule has 0 atom stereocenters. The van der Waals surface area contributed by atoms with E-state index in [1.807, 2.05) is 30.6 Å². The summed E-state index contributed by atoms with van der Waals surface area (Å²) in [5.74, 6) is 0.303. The van der Waals surface area contributed by atoms with Crippen LogP contribution in [0.4, 0.5) is 0 Å². The van der Waals surface area contributed by atoms with Crippen molar-refractivity contribution in [1.82, 2.24) is 14.7 Å². The molecular weight excluding hydrogens is 294 g/mol. The Kier molecular flexibility index (Phi) is 9.17. The molecule has 0 aliphatic carbocycles. The van der Waals surface area contributed by atoms with Crippen molar-refractivity contribution in [2.75, 3.05) is 52.9 Å². The van der Waals surface area contributed by atoms with E-state index in [0.29, 0.717) is 6.42 Å². The number of nitrogens with zero attached hydrogens (tertiary/aromatic N) is 3. The number of carbonyl (C=O) groups excluding carboxylic acids is 2. The lowest BCUT2D eigenvalue weighted by molar-refractivity contribution is -0.142. The fourth-order valence-corrected chi connectivity index (χ4v) is 2.83. The highest BCUT2D eigenvalue weighted by molar-refractivity contribution is 5.77. The lowest BCUT2D eigenvalue weighted by atomic mass is 10.1. The fourth-order valence-electron chi connectivity index (χ4n) is 2.83. The van der Waals surface area contributed by atoms with Crippen LogP contribution in [-0.4, -0.2) is 85.5 Å². The molecule has 2 amide bonds. The van der Waals surface area contributed by atoms with Crippen LogP contribution < -0.4 is 0 Å². The maximum Gasteiger partial charge on any atom is 0.248 e. The second-order valence-corrected chi connectivity index (χ2v) is 5.93. The van der Waals surface area contributed by atoms with Gasteiger partial charge >= 0.3 is 0 Å². The third kappa shape index (κ3) is 6.47. The summed E-state index contributed by atoms with van der Waals surface area (Å²) in [6.07, 6.45) is 2.35. The van der Waals surface area contributed by atoms with Crippen molar-refractivity contribution in [3.8, 4) is 0 Å². The van der Waals surface area contributed by atoms with Crippen molar-refractivity contribution < 1.29 is 14.3 Å². The van der Waals surface area contributed by atoms with Gasteiger partial charge in [-0.1, -0.05) is 20.8 Å². The molecule has 2 aliphatic rings. The van der Waals surface area contributed by atoms with Gasteiger partial charge in [-0.25, -0.2) is 0 Å². The summed E-state index contributed by atoms with van der Waals surface area (Å²) in [6.45, 7) is 11.0. The molecule has 0 aromatic heterocycles. The molecule has 6 nitrogen and oxygen atoms in total. The monoisotopic (exact) mass is 327 g/mol. The Morgan fingerprint density at radius 1 is 0.913 bits per heavy atom. The Bertz CT molecular complexity index is 360. The Morgan fingerprint density at radius 3 is 1.96 bits per heavy atom. The van der Waals surface area contributed by atoms with Gasteiger partial charge in [-0.05, 0) is 19.9 Å². The number of likely N-dealkylation sites (N-methyl/N-ethyl adjacent to an activating group) is 1. The van der Waals surface area contributed by atoms with Crippen LogP contribution in [0.15, 0.2) is 0 Å². The third-order valence-electron chi connectivity index (χ3n) is 4.40. The maximum atomic E-state index is 12.1. The van der Waals surface area contributed by atoms with E-state index < -0.39 is 0 Å². The van der Waals surface area contributed by atoms with Gasteiger partial charge in [-0.15, -0.1) is 0 Å². The van der Waals surface area contributed by atoms with Gasteiger partial charge in [0, 0.05) is 45.7 Å². The maximum absolute atomic E-state index is 12.1. The zero-order chi connectivity index (χ0) is 17.2. The van der Waals surface area contributed by atoms with Gasteiger partial charge in [0.1, 0.15) is 6.61 Å². The van der Waals surface area contributed by atoms with Crippen molar-refractivity contribution in [3.63, 3.8) is 0 Å². The average molecular weight is 327 g/mol. The summed E-state index contributed by atoms with van der Waals surface area (Å²) in [4.78, 5) is 29.7. The minimum Gasteiger partial charge on any atom is -0.368 e. The molecule has 23 heavy (non-hydrogen) atoms. The second-order valence-electron chi connectivity index (χ2n) is 5.93. The highest BCUT2D eigenvalue weighted by atomic mass is 16.5. The molecule has 0 bridgehead atoms. The SMILES string of the molecule is CC.CCC(=O)N1CCC(OCC(=O)N2CCN(C)CC2)CC1. The van der Waals surface area contributed by atoms with E-state index in [0.717, 1.165) is 52.1 Å². The van der Waals surface area contributed by atoms with Crippen LogP contribution in [0.5, 0.6) is 0 Å². The fraction of sp³-hybridized carbons (Fsp3) is 0.882. The standard InChI is InChI=1S/C15H27N3O3.C2H6/c1-3-14(19)17-6-4-13(5-7-17)21-12-15(20)18-10-8-16(2)9-11-18;1-2/h13H,3-12H2,1-2H3;1-2H3. The van der Waals surface area contributed by atoms with Gasteiger partial charge in [-0.3, -0.25) is 9.59 Å². The largest absolute Gasteiger partial charge is 0.368 e. The first-order chi connectivity index (χ1) is 11.1. The van der Waals surface area contributed by atoms with Crippen molar-refractivity contribution in [2.24, 2.45) is 0 Å². The van der Waals surface area contributed by atoms with E-state index in [2.05, 4.69) is 11.9 Å². The van der Waals surface area contributed by atoms with E-state index in [1.165, 1.54) is 0 Å². The summed E-state index contributed by atoms with van der Waals surface area (Å²) in [5, 5.41) is 0. The van der Waals surface area contributed by atoms with Crippen LogP contribution >= 0.6 is 0 Å². The number of rotatable bonds is 4. The number of piperidine rings is 1. The first-order valence-corrected chi connectivity index (χ1v) is 8.96. The molecule has 2 rings (SSSR count). The third-order valence-corrected chi connectivity index (χ3v) is 4.40. The topological polar surface area (TPSA) is 53.1 Å².